The lowest BCUT2D eigenvalue weighted by Crippen LogP contribution is -2.61. The minimum absolute atomic E-state index is 0.103. The van der Waals surface area contributed by atoms with E-state index in [-0.39, 0.29) is 19.4 Å². The highest BCUT2D eigenvalue weighted by Gasteiger charge is 2.47. The van der Waals surface area contributed by atoms with Gasteiger partial charge in [0, 0.05) is 6.42 Å². The number of rotatable bonds is 55. The Morgan fingerprint density at radius 3 is 1.43 bits per heavy atom. The molecular weight excluding hydrogens is 1040 g/mol. The minimum Gasteiger partial charge on any atom is -0.454 e. The Morgan fingerprint density at radius 2 is 0.928 bits per heavy atom. The molecule has 0 bridgehead atoms. The molecule has 1 fully saturated rings. The van der Waals surface area contributed by atoms with Gasteiger partial charge in [-0.3, -0.25) is 9.59 Å². The third kappa shape index (κ3) is 46.0. The van der Waals surface area contributed by atoms with Gasteiger partial charge in [0.25, 0.3) is 0 Å². The standard InChI is InChI=1S/C72H121NO10/c1-4-7-10-13-16-19-22-25-27-28-29-30-31-32-33-34-35-36-37-39-41-44-47-50-53-56-59-65(76)71(80)73-63(64(75)58-55-52-49-46-43-40-24-21-18-15-12-9-6-3)62-81-72-70(69(79)68(78)66(61-74)82-72)83-67(77)60-57-54-51-48-45-42-38-26-23-20-17-14-11-8-5-2/h7-8,10-11,14,16-17,19-20,23,25,27,29-30,32-33,35-36,55,58,63-66,68-70,72,74-76,78-79H,4-6,9,12-13,15,18,21-22,24,26,28,31,34,37-54,56-57,59-62H2,1-3H3,(H,73,80)/b10-7-,11-8+,17-14+,19-16-,23-20+,27-25-,30-29-,33-32-,36-35-,58-55+. The molecule has 0 radical (unpaired) electrons. The van der Waals surface area contributed by atoms with E-state index in [1.807, 2.05) is 12.2 Å². The van der Waals surface area contributed by atoms with E-state index < -0.39 is 67.4 Å². The van der Waals surface area contributed by atoms with Crippen LogP contribution in [-0.2, 0) is 23.8 Å². The van der Waals surface area contributed by atoms with Crippen LogP contribution in [0.5, 0.6) is 0 Å². The van der Waals surface area contributed by atoms with Gasteiger partial charge in [-0.05, 0) is 96.3 Å². The molecule has 0 aromatic heterocycles. The average molecular weight is 1160 g/mol. The minimum atomic E-state index is -1.63. The topological polar surface area (TPSA) is 175 Å². The Morgan fingerprint density at radius 1 is 0.494 bits per heavy atom. The monoisotopic (exact) mass is 1160 g/mol. The number of ether oxygens (including phenoxy) is 3. The van der Waals surface area contributed by atoms with Crippen molar-refractivity contribution in [2.24, 2.45) is 0 Å². The fourth-order valence-electron chi connectivity index (χ4n) is 9.71. The maximum Gasteiger partial charge on any atom is 0.306 e. The van der Waals surface area contributed by atoms with Gasteiger partial charge in [0.05, 0.1) is 25.4 Å². The maximum absolute atomic E-state index is 13.5. The van der Waals surface area contributed by atoms with Crippen molar-refractivity contribution in [3.63, 3.8) is 0 Å². The van der Waals surface area contributed by atoms with Crippen molar-refractivity contribution in [3.8, 4) is 0 Å². The summed E-state index contributed by atoms with van der Waals surface area (Å²) in [5, 5.41) is 57.1. The molecule has 1 rings (SSSR count). The summed E-state index contributed by atoms with van der Waals surface area (Å²) >= 11 is 0. The number of unbranched alkanes of at least 4 members (excludes halogenated alkanes) is 25. The molecule has 0 aromatic rings. The van der Waals surface area contributed by atoms with Crippen molar-refractivity contribution in [2.75, 3.05) is 13.2 Å². The lowest BCUT2D eigenvalue weighted by atomic mass is 9.99. The molecule has 1 heterocycles. The molecule has 0 spiro atoms. The molecular formula is C72H121NO10. The van der Waals surface area contributed by atoms with Crippen molar-refractivity contribution in [1.82, 2.24) is 5.32 Å². The average Bonchev–Trinajstić information content (AvgIpc) is 3.55. The number of hydrogen-bond acceptors (Lipinski definition) is 10. The molecule has 0 aromatic carbocycles. The predicted octanol–water partition coefficient (Wildman–Crippen LogP) is 16.6. The van der Waals surface area contributed by atoms with Crippen LogP contribution < -0.4 is 5.32 Å². The Hall–Kier alpha value is -3.94. The van der Waals surface area contributed by atoms with Gasteiger partial charge < -0.3 is 45.1 Å². The van der Waals surface area contributed by atoms with Crippen molar-refractivity contribution in [3.05, 3.63) is 122 Å². The molecule has 1 aliphatic heterocycles. The van der Waals surface area contributed by atoms with E-state index in [9.17, 15) is 35.1 Å². The van der Waals surface area contributed by atoms with Gasteiger partial charge in [-0.15, -0.1) is 0 Å². The largest absolute Gasteiger partial charge is 0.454 e. The van der Waals surface area contributed by atoms with Gasteiger partial charge in [0.2, 0.25) is 5.91 Å². The van der Waals surface area contributed by atoms with E-state index in [1.165, 1.54) is 64.2 Å². The summed E-state index contributed by atoms with van der Waals surface area (Å²) in [6, 6.07) is -1.04. The molecule has 6 N–H and O–H groups in total. The number of carbonyl (C=O) groups is 2. The highest BCUT2D eigenvalue weighted by atomic mass is 16.7. The van der Waals surface area contributed by atoms with E-state index in [1.54, 1.807) is 6.08 Å². The zero-order valence-corrected chi connectivity index (χ0v) is 52.5. The molecule has 83 heavy (non-hydrogen) atoms. The van der Waals surface area contributed by atoms with Crippen LogP contribution in [0.1, 0.15) is 258 Å². The van der Waals surface area contributed by atoms with E-state index in [4.69, 9.17) is 14.2 Å². The fraction of sp³-hybridized carbons (Fsp3) is 0.694. The number of amides is 1. The first-order valence-electron chi connectivity index (χ1n) is 33.3. The number of nitrogens with one attached hydrogen (secondary N) is 1. The summed E-state index contributed by atoms with van der Waals surface area (Å²) in [4.78, 5) is 26.6. The first-order chi connectivity index (χ1) is 40.7. The molecule has 1 saturated heterocycles. The Labute approximate surface area is 506 Å². The Bertz CT molecular complexity index is 1810. The molecule has 8 atom stereocenters. The van der Waals surface area contributed by atoms with Crippen LogP contribution in [0, 0.1) is 0 Å². The summed E-state index contributed by atoms with van der Waals surface area (Å²) in [6.45, 7) is 5.54. The van der Waals surface area contributed by atoms with Gasteiger partial charge >= 0.3 is 5.97 Å². The lowest BCUT2D eigenvalue weighted by Gasteiger charge is -2.41. The van der Waals surface area contributed by atoms with Crippen LogP contribution in [0.25, 0.3) is 0 Å². The first-order valence-corrected chi connectivity index (χ1v) is 33.3. The van der Waals surface area contributed by atoms with E-state index in [2.05, 4.69) is 129 Å². The molecule has 0 saturated carbocycles. The van der Waals surface area contributed by atoms with Crippen LogP contribution in [0.15, 0.2) is 122 Å². The van der Waals surface area contributed by atoms with Gasteiger partial charge in [-0.25, -0.2) is 0 Å². The van der Waals surface area contributed by atoms with Crippen molar-refractivity contribution < 1.29 is 49.3 Å². The molecule has 474 valence electrons. The van der Waals surface area contributed by atoms with Gasteiger partial charge in [-0.1, -0.05) is 277 Å². The molecule has 1 aliphatic rings. The highest BCUT2D eigenvalue weighted by molar-refractivity contribution is 5.80. The summed E-state index contributed by atoms with van der Waals surface area (Å²) in [5.74, 6) is -1.22. The number of hydrogen-bond donors (Lipinski definition) is 6. The quantitative estimate of drug-likeness (QED) is 0.0149. The van der Waals surface area contributed by atoms with E-state index in [0.717, 1.165) is 148 Å². The van der Waals surface area contributed by atoms with Gasteiger partial charge in [-0.2, -0.15) is 0 Å². The summed E-state index contributed by atoms with van der Waals surface area (Å²) in [7, 11) is 0. The van der Waals surface area contributed by atoms with Gasteiger partial charge in [0.1, 0.15) is 24.4 Å². The van der Waals surface area contributed by atoms with Crippen molar-refractivity contribution in [2.45, 2.75) is 307 Å². The highest BCUT2D eigenvalue weighted by Crippen LogP contribution is 2.26. The molecule has 8 unspecified atom stereocenters. The Balaban J connectivity index is 2.64. The van der Waals surface area contributed by atoms with E-state index >= 15 is 0 Å². The maximum atomic E-state index is 13.5. The second-order valence-corrected chi connectivity index (χ2v) is 22.5. The van der Waals surface area contributed by atoms with Crippen LogP contribution in [-0.4, -0.2) is 99.6 Å². The number of carbonyl (C=O) groups excluding carboxylic acids is 2. The first kappa shape index (κ1) is 77.1. The van der Waals surface area contributed by atoms with Crippen LogP contribution in [0.3, 0.4) is 0 Å². The molecule has 11 nitrogen and oxygen atoms in total. The van der Waals surface area contributed by atoms with Crippen LogP contribution in [0.2, 0.25) is 0 Å². The summed E-state index contributed by atoms with van der Waals surface area (Å²) < 4.78 is 17.6. The third-order valence-corrected chi connectivity index (χ3v) is 14.9. The van der Waals surface area contributed by atoms with Crippen molar-refractivity contribution >= 4 is 11.9 Å². The number of esters is 1. The predicted molar refractivity (Wildman–Crippen MR) is 347 cm³/mol. The SMILES string of the molecule is CC/C=C\C/C=C\C/C=C\C/C=C\C/C=C\C/C=C\CCCCCCCCCC(O)C(=O)NC(COC1OC(CO)C(O)C(O)C1OC(=O)CCCCCCCCC/C=C/C=C/C=C/CC)C(O)/C=C/CCCCCCCCCCCCC. The lowest BCUT2D eigenvalue weighted by molar-refractivity contribution is -0.305. The normalized spacial score (nSPS) is 19.3. The van der Waals surface area contributed by atoms with Crippen molar-refractivity contribution in [1.29, 1.82) is 0 Å². The second kappa shape index (κ2) is 58.4. The van der Waals surface area contributed by atoms with E-state index in [0.29, 0.717) is 12.8 Å². The zero-order chi connectivity index (χ0) is 60.3. The number of aliphatic hydroxyl groups excluding tert-OH is 5. The molecule has 11 heteroatoms. The van der Waals surface area contributed by atoms with Gasteiger partial charge in [0.15, 0.2) is 12.4 Å². The number of aliphatic hydroxyl groups is 5. The molecule has 0 aliphatic carbocycles. The smallest absolute Gasteiger partial charge is 0.306 e. The third-order valence-electron chi connectivity index (χ3n) is 14.9. The second-order valence-electron chi connectivity index (χ2n) is 22.5. The fourth-order valence-corrected chi connectivity index (χ4v) is 9.71. The summed E-state index contributed by atoms with van der Waals surface area (Å²) in [5.41, 5.74) is 0. The molecule has 1 amide bonds. The summed E-state index contributed by atoms with van der Waals surface area (Å²) in [6.07, 6.45) is 70.9. The zero-order valence-electron chi connectivity index (χ0n) is 52.5. The Kier molecular flexibility index (Phi) is 54.3. The van der Waals surface area contributed by atoms with Crippen LogP contribution >= 0.6 is 0 Å². The van der Waals surface area contributed by atoms with Crippen LogP contribution in [0.4, 0.5) is 0 Å². The number of allylic oxidation sites excluding steroid dienone is 19.